The standard InChI is InChI=1S/C30H40F2/c1-3-5-7-8-9-21-11-12-24-18-25(15-14-23(24)17-21)27-19-26-16-13-22(10-6-4-2)30(32)29(26)28(31)20-27/h4,13,16,19-21,23-25H,2-3,5-12,14-15,17-18H2,1H3. The summed E-state index contributed by atoms with van der Waals surface area (Å²) in [5.74, 6) is 2.22. The predicted octanol–water partition coefficient (Wildman–Crippen LogP) is 9.51. The third kappa shape index (κ3) is 5.26. The zero-order valence-corrected chi connectivity index (χ0v) is 19.9. The van der Waals surface area contributed by atoms with E-state index in [-0.39, 0.29) is 5.39 Å². The summed E-state index contributed by atoms with van der Waals surface area (Å²) in [6.45, 7) is 5.99. The minimum absolute atomic E-state index is 0.160. The molecule has 0 heterocycles. The Morgan fingerprint density at radius 3 is 2.59 bits per heavy atom. The first-order valence-electron chi connectivity index (χ1n) is 13.1. The van der Waals surface area contributed by atoms with Crippen molar-refractivity contribution in [1.29, 1.82) is 0 Å². The average molecular weight is 439 g/mol. The maximum absolute atomic E-state index is 15.1. The second kappa shape index (κ2) is 10.9. The van der Waals surface area contributed by atoms with E-state index < -0.39 is 11.6 Å². The lowest BCUT2D eigenvalue weighted by atomic mass is 9.63. The highest BCUT2D eigenvalue weighted by Gasteiger charge is 2.36. The Balaban J connectivity index is 1.42. The van der Waals surface area contributed by atoms with Crippen LogP contribution in [0.3, 0.4) is 0 Å². The summed E-state index contributed by atoms with van der Waals surface area (Å²) in [5, 5.41) is 0.866. The van der Waals surface area contributed by atoms with Gasteiger partial charge in [-0.3, -0.25) is 0 Å². The highest BCUT2D eigenvalue weighted by Crippen LogP contribution is 2.49. The maximum Gasteiger partial charge on any atom is 0.137 e. The third-order valence-corrected chi connectivity index (χ3v) is 8.39. The molecule has 2 aromatic rings. The lowest BCUT2D eigenvalue weighted by Gasteiger charge is -2.42. The molecule has 0 radical (unpaired) electrons. The summed E-state index contributed by atoms with van der Waals surface area (Å²) >= 11 is 0. The lowest BCUT2D eigenvalue weighted by molar-refractivity contribution is 0.113. The molecule has 4 atom stereocenters. The van der Waals surface area contributed by atoms with Crippen molar-refractivity contribution >= 4 is 10.8 Å². The van der Waals surface area contributed by atoms with Crippen LogP contribution in [0.4, 0.5) is 8.78 Å². The maximum atomic E-state index is 15.1. The largest absolute Gasteiger partial charge is 0.206 e. The Kier molecular flexibility index (Phi) is 8.02. The Labute approximate surface area is 193 Å². The molecule has 2 aromatic carbocycles. The summed E-state index contributed by atoms with van der Waals surface area (Å²) in [6.07, 6.45) is 17.7. The van der Waals surface area contributed by atoms with Crippen LogP contribution in [0.5, 0.6) is 0 Å². The summed E-state index contributed by atoms with van der Waals surface area (Å²) < 4.78 is 30.0. The average Bonchev–Trinajstić information content (AvgIpc) is 2.80. The highest BCUT2D eigenvalue weighted by molar-refractivity contribution is 5.85. The summed E-state index contributed by atoms with van der Waals surface area (Å²) in [5.41, 5.74) is 1.66. The van der Waals surface area contributed by atoms with Crippen LogP contribution in [0.2, 0.25) is 0 Å². The Hall–Kier alpha value is -1.70. The number of hydrogen-bond acceptors (Lipinski definition) is 0. The van der Waals surface area contributed by atoms with Gasteiger partial charge in [-0.15, -0.1) is 6.58 Å². The zero-order valence-electron chi connectivity index (χ0n) is 19.9. The smallest absolute Gasteiger partial charge is 0.137 e. The Morgan fingerprint density at radius 2 is 1.78 bits per heavy atom. The molecule has 2 heteroatoms. The van der Waals surface area contributed by atoms with Gasteiger partial charge in [-0.2, -0.15) is 0 Å². The van der Waals surface area contributed by atoms with E-state index >= 15 is 4.39 Å². The van der Waals surface area contributed by atoms with Crippen molar-refractivity contribution < 1.29 is 8.78 Å². The fraction of sp³-hybridized carbons (Fsp3) is 0.600. The number of allylic oxidation sites excluding steroid dienone is 1. The van der Waals surface area contributed by atoms with E-state index in [0.717, 1.165) is 29.7 Å². The highest BCUT2D eigenvalue weighted by atomic mass is 19.1. The van der Waals surface area contributed by atoms with Gasteiger partial charge in [-0.05, 0) is 91.2 Å². The number of halogens is 2. The minimum Gasteiger partial charge on any atom is -0.206 e. The molecule has 4 unspecified atom stereocenters. The van der Waals surface area contributed by atoms with Gasteiger partial charge in [0, 0.05) is 0 Å². The molecule has 0 spiro atoms. The summed E-state index contributed by atoms with van der Waals surface area (Å²) in [7, 11) is 0. The first-order chi connectivity index (χ1) is 15.6. The van der Waals surface area contributed by atoms with Gasteiger partial charge >= 0.3 is 0 Å². The first kappa shape index (κ1) is 23.5. The van der Waals surface area contributed by atoms with E-state index in [1.165, 1.54) is 64.2 Å². The number of benzene rings is 2. The Morgan fingerprint density at radius 1 is 0.969 bits per heavy atom. The van der Waals surface area contributed by atoms with Crippen molar-refractivity contribution in [3.05, 3.63) is 59.7 Å². The minimum atomic E-state index is -0.395. The molecular weight excluding hydrogens is 398 g/mol. The number of fused-ring (bicyclic) bond motifs is 2. The van der Waals surface area contributed by atoms with Crippen LogP contribution in [-0.2, 0) is 6.42 Å². The van der Waals surface area contributed by atoms with Gasteiger partial charge in [0.25, 0.3) is 0 Å². The van der Waals surface area contributed by atoms with E-state index in [4.69, 9.17) is 0 Å². The molecule has 2 saturated carbocycles. The molecule has 4 rings (SSSR count). The fourth-order valence-electron chi connectivity index (χ4n) is 6.53. The third-order valence-electron chi connectivity index (χ3n) is 8.39. The van der Waals surface area contributed by atoms with E-state index in [2.05, 4.69) is 19.6 Å². The topological polar surface area (TPSA) is 0 Å². The zero-order chi connectivity index (χ0) is 22.5. The van der Waals surface area contributed by atoms with Gasteiger partial charge in [0.1, 0.15) is 11.6 Å². The molecule has 174 valence electrons. The van der Waals surface area contributed by atoms with Gasteiger partial charge in [-0.25, -0.2) is 8.78 Å². The lowest BCUT2D eigenvalue weighted by Crippen LogP contribution is -2.30. The number of aryl methyl sites for hydroxylation is 1. The van der Waals surface area contributed by atoms with E-state index in [9.17, 15) is 4.39 Å². The van der Waals surface area contributed by atoms with Gasteiger partial charge in [0.05, 0.1) is 5.39 Å². The van der Waals surface area contributed by atoms with Gasteiger partial charge in [0.15, 0.2) is 0 Å². The van der Waals surface area contributed by atoms with Crippen LogP contribution >= 0.6 is 0 Å². The molecule has 32 heavy (non-hydrogen) atoms. The number of rotatable bonds is 9. The molecule has 0 saturated heterocycles. The number of hydrogen-bond donors (Lipinski definition) is 0. The van der Waals surface area contributed by atoms with Crippen molar-refractivity contribution in [3.8, 4) is 0 Å². The molecule has 0 N–H and O–H groups in total. The van der Waals surface area contributed by atoms with Crippen LogP contribution in [0.15, 0.2) is 36.9 Å². The normalized spacial score (nSPS) is 25.6. The van der Waals surface area contributed by atoms with Crippen molar-refractivity contribution in [2.45, 2.75) is 96.3 Å². The van der Waals surface area contributed by atoms with Crippen LogP contribution in [-0.4, -0.2) is 0 Å². The van der Waals surface area contributed by atoms with E-state index in [0.29, 0.717) is 29.7 Å². The molecule has 0 aromatic heterocycles. The first-order valence-corrected chi connectivity index (χ1v) is 13.1. The van der Waals surface area contributed by atoms with Gasteiger partial charge in [0.2, 0.25) is 0 Å². The van der Waals surface area contributed by atoms with E-state index in [1.54, 1.807) is 12.1 Å². The quantitative estimate of drug-likeness (QED) is 0.270. The van der Waals surface area contributed by atoms with Crippen molar-refractivity contribution in [2.75, 3.05) is 0 Å². The molecule has 0 nitrogen and oxygen atoms in total. The monoisotopic (exact) mass is 438 g/mol. The molecular formula is C30H40F2. The molecule has 0 amide bonds. The predicted molar refractivity (Wildman–Crippen MR) is 132 cm³/mol. The van der Waals surface area contributed by atoms with Crippen LogP contribution in [0.1, 0.15) is 101 Å². The van der Waals surface area contributed by atoms with Gasteiger partial charge < -0.3 is 0 Å². The molecule has 2 aliphatic rings. The van der Waals surface area contributed by atoms with E-state index in [1.807, 2.05) is 12.1 Å². The van der Waals surface area contributed by atoms with Crippen LogP contribution in [0, 0.1) is 29.4 Å². The van der Waals surface area contributed by atoms with Crippen molar-refractivity contribution in [1.82, 2.24) is 0 Å². The van der Waals surface area contributed by atoms with Crippen LogP contribution < -0.4 is 0 Å². The van der Waals surface area contributed by atoms with Crippen LogP contribution in [0.25, 0.3) is 10.8 Å². The number of unbranched alkanes of at least 4 members (excludes halogenated alkanes) is 3. The van der Waals surface area contributed by atoms with Crippen molar-refractivity contribution in [2.24, 2.45) is 17.8 Å². The fourth-order valence-corrected chi connectivity index (χ4v) is 6.53. The Bertz CT molecular complexity index is 915. The summed E-state index contributed by atoms with van der Waals surface area (Å²) in [6, 6.07) is 7.41. The van der Waals surface area contributed by atoms with Crippen molar-refractivity contribution in [3.63, 3.8) is 0 Å². The summed E-state index contributed by atoms with van der Waals surface area (Å²) in [4.78, 5) is 0. The molecule has 0 aliphatic heterocycles. The van der Waals surface area contributed by atoms with Gasteiger partial charge in [-0.1, -0.05) is 69.7 Å². The molecule has 2 aliphatic carbocycles. The SMILES string of the molecule is C=CCCc1ccc2cc(C3CCC4CC(CCCCCC)CCC4C3)cc(F)c2c1F. The second-order valence-corrected chi connectivity index (χ2v) is 10.5. The second-order valence-electron chi connectivity index (χ2n) is 10.5. The molecule has 2 fully saturated rings. The molecule has 0 bridgehead atoms.